The van der Waals surface area contributed by atoms with Crippen LogP contribution in [0.5, 0.6) is 0 Å². The number of hydrogen-bond acceptors (Lipinski definition) is 2. The van der Waals surface area contributed by atoms with Crippen molar-refractivity contribution in [2.45, 2.75) is 26.4 Å². The number of aromatic nitrogens is 2. The first kappa shape index (κ1) is 14.6. The monoisotopic (exact) mass is 283 g/mol. The van der Waals surface area contributed by atoms with E-state index in [4.69, 9.17) is 5.73 Å². The predicted molar refractivity (Wildman–Crippen MR) is 70.8 cm³/mol. The molecule has 0 saturated heterocycles. The maximum Gasteiger partial charge on any atom is 0.416 e. The Kier molecular flexibility index (Phi) is 3.85. The fourth-order valence-electron chi connectivity index (χ4n) is 2.11. The number of aryl methyl sites for hydroxylation is 1. The Morgan fingerprint density at radius 2 is 1.95 bits per heavy atom. The molecule has 2 N–H and O–H groups in total. The van der Waals surface area contributed by atoms with Gasteiger partial charge in [-0.15, -0.1) is 0 Å². The van der Waals surface area contributed by atoms with E-state index in [0.717, 1.165) is 17.5 Å². The van der Waals surface area contributed by atoms with Crippen molar-refractivity contribution in [3.8, 4) is 5.69 Å². The van der Waals surface area contributed by atoms with Gasteiger partial charge >= 0.3 is 6.18 Å². The van der Waals surface area contributed by atoms with E-state index in [1.165, 1.54) is 12.4 Å². The molecule has 0 spiro atoms. The minimum atomic E-state index is -4.38. The van der Waals surface area contributed by atoms with Gasteiger partial charge in [0.05, 0.1) is 17.6 Å². The van der Waals surface area contributed by atoms with Crippen LogP contribution in [0.4, 0.5) is 13.2 Å². The lowest BCUT2D eigenvalue weighted by Crippen LogP contribution is -2.13. The Morgan fingerprint density at radius 1 is 1.25 bits per heavy atom. The summed E-state index contributed by atoms with van der Waals surface area (Å²) in [6.07, 6.45) is -2.65. The summed E-state index contributed by atoms with van der Waals surface area (Å²) in [7, 11) is 0. The highest BCUT2D eigenvalue weighted by molar-refractivity contribution is 5.43. The average Bonchev–Trinajstić information content (AvgIpc) is 2.70. The Labute approximate surface area is 115 Å². The standard InChI is InChI=1S/C14H16F3N3/c1-9-10(2)20(8-19-9)12-4-3-11(5-6-18)13(7-12)14(15,16)17/h3-4,7-8H,5-6,18H2,1-2H3. The van der Waals surface area contributed by atoms with Gasteiger partial charge in [-0.2, -0.15) is 13.2 Å². The lowest BCUT2D eigenvalue weighted by atomic mass is 10.0. The van der Waals surface area contributed by atoms with E-state index in [1.54, 1.807) is 10.6 Å². The normalized spacial score (nSPS) is 11.9. The van der Waals surface area contributed by atoms with Gasteiger partial charge in [-0.3, -0.25) is 0 Å². The molecule has 0 radical (unpaired) electrons. The molecule has 20 heavy (non-hydrogen) atoms. The second-order valence-electron chi connectivity index (χ2n) is 4.66. The summed E-state index contributed by atoms with van der Waals surface area (Å²) in [5, 5.41) is 0. The van der Waals surface area contributed by atoms with Crippen molar-refractivity contribution in [3.63, 3.8) is 0 Å². The van der Waals surface area contributed by atoms with Crippen LogP contribution in [0.15, 0.2) is 24.5 Å². The number of imidazole rings is 1. The molecule has 0 bridgehead atoms. The summed E-state index contributed by atoms with van der Waals surface area (Å²) in [4.78, 5) is 4.10. The lowest BCUT2D eigenvalue weighted by Gasteiger charge is -2.15. The van der Waals surface area contributed by atoms with Crippen LogP contribution in [0.2, 0.25) is 0 Å². The molecule has 0 saturated carbocycles. The molecule has 6 heteroatoms. The third-order valence-corrected chi connectivity index (χ3v) is 3.34. The third-order valence-electron chi connectivity index (χ3n) is 3.34. The van der Waals surface area contributed by atoms with Gasteiger partial charge in [0, 0.05) is 11.4 Å². The van der Waals surface area contributed by atoms with Crippen LogP contribution in [0.1, 0.15) is 22.5 Å². The zero-order chi connectivity index (χ0) is 14.9. The molecule has 0 aliphatic rings. The smallest absolute Gasteiger partial charge is 0.330 e. The largest absolute Gasteiger partial charge is 0.416 e. The molecule has 3 nitrogen and oxygen atoms in total. The highest BCUT2D eigenvalue weighted by Crippen LogP contribution is 2.34. The van der Waals surface area contributed by atoms with Crippen LogP contribution in [0.25, 0.3) is 5.69 Å². The van der Waals surface area contributed by atoms with E-state index in [0.29, 0.717) is 5.69 Å². The number of halogens is 3. The summed E-state index contributed by atoms with van der Waals surface area (Å²) in [6, 6.07) is 4.30. The number of rotatable bonds is 3. The molecule has 2 aromatic rings. The van der Waals surface area contributed by atoms with Crippen molar-refractivity contribution in [3.05, 3.63) is 47.0 Å². The molecule has 2 rings (SSSR count). The van der Waals surface area contributed by atoms with Crippen LogP contribution in [-0.4, -0.2) is 16.1 Å². The first-order chi connectivity index (χ1) is 9.34. The molecule has 0 unspecified atom stereocenters. The minimum Gasteiger partial charge on any atom is -0.330 e. The lowest BCUT2D eigenvalue weighted by molar-refractivity contribution is -0.138. The minimum absolute atomic E-state index is 0.186. The van der Waals surface area contributed by atoms with Gasteiger partial charge in [0.2, 0.25) is 0 Å². The van der Waals surface area contributed by atoms with E-state index in [1.807, 2.05) is 13.8 Å². The van der Waals surface area contributed by atoms with Gasteiger partial charge in [-0.25, -0.2) is 4.98 Å². The van der Waals surface area contributed by atoms with Crippen molar-refractivity contribution in [2.75, 3.05) is 6.54 Å². The zero-order valence-corrected chi connectivity index (χ0v) is 11.3. The molecule has 0 fully saturated rings. The average molecular weight is 283 g/mol. The fourth-order valence-corrected chi connectivity index (χ4v) is 2.11. The van der Waals surface area contributed by atoms with Gasteiger partial charge in [0.15, 0.2) is 0 Å². The highest BCUT2D eigenvalue weighted by Gasteiger charge is 2.33. The summed E-state index contributed by atoms with van der Waals surface area (Å²) in [5.74, 6) is 0. The summed E-state index contributed by atoms with van der Waals surface area (Å²) < 4.78 is 41.0. The molecule has 108 valence electrons. The number of nitrogens with zero attached hydrogens (tertiary/aromatic N) is 2. The molecular weight excluding hydrogens is 267 g/mol. The number of alkyl halides is 3. The Balaban J connectivity index is 2.55. The van der Waals surface area contributed by atoms with Crippen LogP contribution < -0.4 is 5.73 Å². The molecular formula is C14H16F3N3. The number of nitrogens with two attached hydrogens (primary N) is 1. The Morgan fingerprint density at radius 3 is 2.45 bits per heavy atom. The maximum absolute atomic E-state index is 13.1. The summed E-state index contributed by atoms with van der Waals surface area (Å²) in [6.45, 7) is 3.83. The highest BCUT2D eigenvalue weighted by atomic mass is 19.4. The quantitative estimate of drug-likeness (QED) is 0.941. The van der Waals surface area contributed by atoms with Crippen LogP contribution in [-0.2, 0) is 12.6 Å². The van der Waals surface area contributed by atoms with Gasteiger partial charge in [0.1, 0.15) is 0 Å². The van der Waals surface area contributed by atoms with Crippen molar-refractivity contribution in [2.24, 2.45) is 5.73 Å². The van der Waals surface area contributed by atoms with Gasteiger partial charge in [0.25, 0.3) is 0 Å². The summed E-state index contributed by atoms with van der Waals surface area (Å²) in [5.41, 5.74) is 7.03. The van der Waals surface area contributed by atoms with Crippen molar-refractivity contribution < 1.29 is 13.2 Å². The molecule has 1 aromatic heterocycles. The van der Waals surface area contributed by atoms with E-state index >= 15 is 0 Å². The fraction of sp³-hybridized carbons (Fsp3) is 0.357. The van der Waals surface area contributed by atoms with Crippen LogP contribution in [0, 0.1) is 13.8 Å². The third kappa shape index (κ3) is 2.70. The molecule has 0 amide bonds. The Bertz CT molecular complexity index is 615. The number of benzene rings is 1. The molecule has 1 aromatic carbocycles. The van der Waals surface area contributed by atoms with Crippen molar-refractivity contribution in [1.29, 1.82) is 0 Å². The first-order valence-corrected chi connectivity index (χ1v) is 6.25. The molecule has 0 atom stereocenters. The van der Waals surface area contributed by atoms with Crippen LogP contribution >= 0.6 is 0 Å². The van der Waals surface area contributed by atoms with Gasteiger partial charge in [-0.05, 0) is 44.5 Å². The zero-order valence-electron chi connectivity index (χ0n) is 11.3. The van der Waals surface area contributed by atoms with E-state index in [9.17, 15) is 13.2 Å². The SMILES string of the molecule is Cc1ncn(-c2ccc(CCN)c(C(F)(F)F)c2)c1C. The molecule has 0 aliphatic heterocycles. The maximum atomic E-state index is 13.1. The van der Waals surface area contributed by atoms with E-state index in [2.05, 4.69) is 4.98 Å². The molecule has 0 aliphatic carbocycles. The second kappa shape index (κ2) is 5.28. The van der Waals surface area contributed by atoms with E-state index < -0.39 is 11.7 Å². The first-order valence-electron chi connectivity index (χ1n) is 6.25. The second-order valence-corrected chi connectivity index (χ2v) is 4.66. The van der Waals surface area contributed by atoms with E-state index in [-0.39, 0.29) is 18.5 Å². The number of hydrogen-bond donors (Lipinski definition) is 1. The van der Waals surface area contributed by atoms with Crippen molar-refractivity contribution >= 4 is 0 Å². The van der Waals surface area contributed by atoms with Gasteiger partial charge in [-0.1, -0.05) is 6.07 Å². The van der Waals surface area contributed by atoms with Crippen LogP contribution in [0.3, 0.4) is 0 Å². The summed E-state index contributed by atoms with van der Waals surface area (Å²) >= 11 is 0. The topological polar surface area (TPSA) is 43.8 Å². The molecule has 1 heterocycles. The Hall–Kier alpha value is -1.82. The van der Waals surface area contributed by atoms with Gasteiger partial charge < -0.3 is 10.3 Å². The van der Waals surface area contributed by atoms with Crippen molar-refractivity contribution in [1.82, 2.24) is 9.55 Å². The predicted octanol–water partition coefficient (Wildman–Crippen LogP) is 3.01.